The van der Waals surface area contributed by atoms with Crippen molar-refractivity contribution in [3.05, 3.63) is 35.7 Å². The Balaban J connectivity index is 2.42. The molecule has 90 valence electrons. The molecule has 0 bridgehead atoms. The Kier molecular flexibility index (Phi) is 3.38. The second-order valence-electron chi connectivity index (χ2n) is 3.94. The summed E-state index contributed by atoms with van der Waals surface area (Å²) in [5.41, 5.74) is 2.89. The first-order valence-corrected chi connectivity index (χ1v) is 5.90. The van der Waals surface area contributed by atoms with Crippen LogP contribution in [-0.4, -0.2) is 17.1 Å². The number of nitrogens with one attached hydrogen (secondary N) is 1. The fraction of sp³-hybridized carbons (Fsp3) is 0.308. The van der Waals surface area contributed by atoms with Crippen LogP contribution in [0, 0.1) is 6.92 Å². The van der Waals surface area contributed by atoms with E-state index in [4.69, 9.17) is 16.3 Å². The summed E-state index contributed by atoms with van der Waals surface area (Å²) >= 11 is 6.06. The molecule has 2 rings (SSSR count). The number of methoxy groups -OCH3 is 1. The quantitative estimate of drug-likeness (QED) is 0.844. The van der Waals surface area contributed by atoms with Crippen molar-refractivity contribution in [2.45, 2.75) is 19.2 Å². The zero-order chi connectivity index (χ0) is 12.4. The highest BCUT2D eigenvalue weighted by atomic mass is 35.5. The maximum absolute atomic E-state index is 6.06. The van der Waals surface area contributed by atoms with Crippen LogP contribution in [0.2, 0.25) is 0 Å². The van der Waals surface area contributed by atoms with Gasteiger partial charge >= 0.3 is 0 Å². The van der Waals surface area contributed by atoms with E-state index in [1.165, 1.54) is 0 Å². The van der Waals surface area contributed by atoms with Crippen LogP contribution in [0.15, 0.2) is 24.3 Å². The first-order valence-electron chi connectivity index (χ1n) is 5.47. The summed E-state index contributed by atoms with van der Waals surface area (Å²) in [6, 6.07) is 7.78. The average Bonchev–Trinajstić information content (AvgIpc) is 2.71. The third-order valence-electron chi connectivity index (χ3n) is 2.64. The zero-order valence-electron chi connectivity index (χ0n) is 10.1. The molecule has 0 radical (unpaired) electrons. The van der Waals surface area contributed by atoms with Gasteiger partial charge in [0, 0.05) is 11.3 Å². The van der Waals surface area contributed by atoms with E-state index in [-0.39, 0.29) is 5.38 Å². The summed E-state index contributed by atoms with van der Waals surface area (Å²) < 4.78 is 5.19. The standard InChI is InChI=1S/C13H15ClN2O/c1-8(14)12-9(2)15-13(16-12)10-5-4-6-11(7-10)17-3/h4-8H,1-3H3,(H,15,16). The molecule has 0 saturated heterocycles. The van der Waals surface area contributed by atoms with Gasteiger partial charge in [0.1, 0.15) is 11.6 Å². The summed E-state index contributed by atoms with van der Waals surface area (Å²) in [7, 11) is 1.65. The Labute approximate surface area is 106 Å². The molecule has 1 aromatic carbocycles. The molecule has 0 spiro atoms. The predicted molar refractivity (Wildman–Crippen MR) is 69.6 cm³/mol. The second-order valence-corrected chi connectivity index (χ2v) is 4.60. The van der Waals surface area contributed by atoms with Crippen LogP contribution in [0.1, 0.15) is 23.7 Å². The number of H-pyrrole nitrogens is 1. The SMILES string of the molecule is COc1cccc(-c2nc(C(C)Cl)c(C)[nH]2)c1. The van der Waals surface area contributed by atoms with E-state index in [2.05, 4.69) is 9.97 Å². The van der Waals surface area contributed by atoms with Crippen molar-refractivity contribution in [3.8, 4) is 17.1 Å². The lowest BCUT2D eigenvalue weighted by Crippen LogP contribution is -1.87. The van der Waals surface area contributed by atoms with E-state index >= 15 is 0 Å². The lowest BCUT2D eigenvalue weighted by molar-refractivity contribution is 0.415. The molecule has 1 heterocycles. The molecular weight excluding hydrogens is 236 g/mol. The maximum Gasteiger partial charge on any atom is 0.138 e. The van der Waals surface area contributed by atoms with Crippen molar-refractivity contribution in [2.24, 2.45) is 0 Å². The first-order chi connectivity index (χ1) is 8.11. The van der Waals surface area contributed by atoms with Gasteiger partial charge in [-0.15, -0.1) is 11.6 Å². The largest absolute Gasteiger partial charge is 0.497 e. The van der Waals surface area contributed by atoms with Crippen molar-refractivity contribution in [1.82, 2.24) is 9.97 Å². The number of aryl methyl sites for hydroxylation is 1. The van der Waals surface area contributed by atoms with Gasteiger partial charge in [-0.3, -0.25) is 0 Å². The Bertz CT molecular complexity index is 520. The fourth-order valence-corrected chi connectivity index (χ4v) is 1.98. The molecule has 0 saturated carbocycles. The highest BCUT2D eigenvalue weighted by molar-refractivity contribution is 6.20. The molecule has 3 nitrogen and oxygen atoms in total. The second kappa shape index (κ2) is 4.80. The number of imidazole rings is 1. The van der Waals surface area contributed by atoms with Crippen LogP contribution < -0.4 is 4.74 Å². The number of alkyl halides is 1. The molecule has 4 heteroatoms. The summed E-state index contributed by atoms with van der Waals surface area (Å²) in [4.78, 5) is 7.75. The molecule has 1 atom stereocenters. The number of rotatable bonds is 3. The lowest BCUT2D eigenvalue weighted by atomic mass is 10.2. The first kappa shape index (κ1) is 12.0. The fourth-order valence-electron chi connectivity index (χ4n) is 1.77. The highest BCUT2D eigenvalue weighted by Crippen LogP contribution is 2.26. The van der Waals surface area contributed by atoms with E-state index < -0.39 is 0 Å². The maximum atomic E-state index is 6.06. The Hall–Kier alpha value is -1.48. The van der Waals surface area contributed by atoms with Crippen LogP contribution in [0.25, 0.3) is 11.4 Å². The van der Waals surface area contributed by atoms with Crippen molar-refractivity contribution in [2.75, 3.05) is 7.11 Å². The van der Waals surface area contributed by atoms with Gasteiger partial charge in [0.2, 0.25) is 0 Å². The minimum absolute atomic E-state index is 0.0920. The number of ether oxygens (including phenoxy) is 1. The average molecular weight is 251 g/mol. The Morgan fingerprint density at radius 1 is 1.41 bits per heavy atom. The molecule has 1 aromatic heterocycles. The number of benzene rings is 1. The zero-order valence-corrected chi connectivity index (χ0v) is 10.9. The van der Waals surface area contributed by atoms with Crippen molar-refractivity contribution >= 4 is 11.6 Å². The topological polar surface area (TPSA) is 37.9 Å². The summed E-state index contributed by atoms with van der Waals surface area (Å²) in [5, 5.41) is -0.0920. The normalized spacial score (nSPS) is 12.5. The summed E-state index contributed by atoms with van der Waals surface area (Å²) in [6.07, 6.45) is 0. The van der Waals surface area contributed by atoms with Crippen LogP contribution in [0.5, 0.6) is 5.75 Å². The van der Waals surface area contributed by atoms with Crippen molar-refractivity contribution in [1.29, 1.82) is 0 Å². The molecule has 0 aliphatic heterocycles. The molecule has 0 aliphatic carbocycles. The van der Waals surface area contributed by atoms with Gasteiger partial charge in [-0.05, 0) is 26.0 Å². The number of hydrogen-bond acceptors (Lipinski definition) is 2. The molecule has 0 amide bonds. The van der Waals surface area contributed by atoms with E-state index in [1.54, 1.807) is 7.11 Å². The molecule has 1 unspecified atom stereocenters. The Morgan fingerprint density at radius 2 is 2.18 bits per heavy atom. The summed E-state index contributed by atoms with van der Waals surface area (Å²) in [6.45, 7) is 3.89. The summed E-state index contributed by atoms with van der Waals surface area (Å²) in [5.74, 6) is 1.64. The van der Waals surface area contributed by atoms with Gasteiger partial charge < -0.3 is 9.72 Å². The van der Waals surface area contributed by atoms with Crippen molar-refractivity contribution in [3.63, 3.8) is 0 Å². The van der Waals surface area contributed by atoms with Gasteiger partial charge in [0.25, 0.3) is 0 Å². The number of nitrogens with zero attached hydrogens (tertiary/aromatic N) is 1. The van der Waals surface area contributed by atoms with Crippen LogP contribution in [-0.2, 0) is 0 Å². The molecule has 17 heavy (non-hydrogen) atoms. The van der Waals surface area contributed by atoms with Gasteiger partial charge in [-0.1, -0.05) is 12.1 Å². The smallest absolute Gasteiger partial charge is 0.138 e. The minimum atomic E-state index is -0.0920. The monoisotopic (exact) mass is 250 g/mol. The molecule has 1 N–H and O–H groups in total. The van der Waals surface area contributed by atoms with Gasteiger partial charge in [-0.25, -0.2) is 4.98 Å². The van der Waals surface area contributed by atoms with Gasteiger partial charge in [-0.2, -0.15) is 0 Å². The van der Waals surface area contributed by atoms with Crippen molar-refractivity contribution < 1.29 is 4.74 Å². The highest BCUT2D eigenvalue weighted by Gasteiger charge is 2.12. The Morgan fingerprint density at radius 3 is 2.76 bits per heavy atom. The third kappa shape index (κ3) is 2.44. The van der Waals surface area contributed by atoms with Crippen LogP contribution in [0.4, 0.5) is 0 Å². The third-order valence-corrected chi connectivity index (χ3v) is 2.85. The molecular formula is C13H15ClN2O. The van der Waals surface area contributed by atoms with E-state index in [1.807, 2.05) is 38.1 Å². The van der Waals surface area contributed by atoms with E-state index in [0.29, 0.717) is 0 Å². The van der Waals surface area contributed by atoms with Gasteiger partial charge in [0.15, 0.2) is 0 Å². The van der Waals surface area contributed by atoms with E-state index in [0.717, 1.165) is 28.5 Å². The number of aromatic nitrogens is 2. The number of hydrogen-bond donors (Lipinski definition) is 1. The molecule has 2 aromatic rings. The van der Waals surface area contributed by atoms with Crippen LogP contribution in [0.3, 0.4) is 0 Å². The van der Waals surface area contributed by atoms with E-state index in [9.17, 15) is 0 Å². The van der Waals surface area contributed by atoms with Gasteiger partial charge in [0.05, 0.1) is 18.2 Å². The number of aromatic amines is 1. The molecule has 0 aliphatic rings. The minimum Gasteiger partial charge on any atom is -0.497 e. The number of halogens is 1. The predicted octanol–water partition coefficient (Wildman–Crippen LogP) is 3.69. The lowest BCUT2D eigenvalue weighted by Gasteiger charge is -2.01. The molecule has 0 fully saturated rings. The van der Waals surface area contributed by atoms with Crippen LogP contribution >= 0.6 is 11.6 Å².